The standard InChI is InChI=1S/C33H37FN2O6/c1-20-25(13-8-14-27(20)34)29-26(31(39)21-9-6-11-23(37)17-21)19-36(33(41)42)28(15-4-5-16-35(2)3)30(29)32(40)22-10-7-12-24(38)18-22/h6-14,17-18,26,28-30,37-38H,4-5,15-16,19H2,1-3H3,(H,41,42). The number of carboxylic acid groups (broad SMARTS) is 1. The summed E-state index contributed by atoms with van der Waals surface area (Å²) in [4.78, 5) is 44.5. The molecule has 0 aliphatic carbocycles. The number of Topliss-reactive ketones (excluding diaryl/α,β-unsaturated/α-hetero) is 2. The summed E-state index contributed by atoms with van der Waals surface area (Å²) in [5.41, 5.74) is 1.07. The van der Waals surface area contributed by atoms with Crippen LogP contribution in [0.4, 0.5) is 9.18 Å². The number of likely N-dealkylation sites (tertiary alicyclic amines) is 1. The van der Waals surface area contributed by atoms with Crippen molar-refractivity contribution in [2.45, 2.75) is 38.1 Å². The van der Waals surface area contributed by atoms with E-state index in [1.165, 1.54) is 59.5 Å². The molecule has 4 rings (SSSR count). The van der Waals surface area contributed by atoms with Crippen molar-refractivity contribution in [1.29, 1.82) is 0 Å². The molecule has 1 saturated heterocycles. The van der Waals surface area contributed by atoms with Crippen LogP contribution in [0.1, 0.15) is 57.0 Å². The van der Waals surface area contributed by atoms with Crippen molar-refractivity contribution in [2.75, 3.05) is 27.2 Å². The van der Waals surface area contributed by atoms with Crippen LogP contribution in [0.2, 0.25) is 0 Å². The van der Waals surface area contributed by atoms with Crippen LogP contribution in [-0.2, 0) is 0 Å². The Balaban J connectivity index is 1.92. The number of phenols is 2. The Morgan fingerprint density at radius 2 is 1.50 bits per heavy atom. The molecule has 3 N–H and O–H groups in total. The Morgan fingerprint density at radius 1 is 0.905 bits per heavy atom. The minimum absolute atomic E-state index is 0.125. The van der Waals surface area contributed by atoms with Crippen LogP contribution in [0.15, 0.2) is 66.7 Å². The van der Waals surface area contributed by atoms with E-state index in [1.54, 1.807) is 19.1 Å². The van der Waals surface area contributed by atoms with Crippen molar-refractivity contribution in [3.8, 4) is 11.5 Å². The number of nitrogens with zero attached hydrogens (tertiary/aromatic N) is 2. The van der Waals surface area contributed by atoms with Gasteiger partial charge in [-0.15, -0.1) is 0 Å². The van der Waals surface area contributed by atoms with Crippen LogP contribution < -0.4 is 0 Å². The number of hydrogen-bond acceptors (Lipinski definition) is 6. The van der Waals surface area contributed by atoms with Gasteiger partial charge < -0.3 is 25.1 Å². The highest BCUT2D eigenvalue weighted by Crippen LogP contribution is 2.46. The Bertz CT molecular complexity index is 1460. The lowest BCUT2D eigenvalue weighted by Crippen LogP contribution is -2.58. The number of ketones is 2. The molecule has 42 heavy (non-hydrogen) atoms. The molecule has 1 fully saturated rings. The fourth-order valence-electron chi connectivity index (χ4n) is 6.19. The molecule has 1 amide bonds. The Labute approximate surface area is 245 Å². The summed E-state index contributed by atoms with van der Waals surface area (Å²) < 4.78 is 15.0. The van der Waals surface area contributed by atoms with E-state index in [4.69, 9.17) is 0 Å². The fourth-order valence-corrected chi connectivity index (χ4v) is 6.19. The summed E-state index contributed by atoms with van der Waals surface area (Å²) in [6, 6.07) is 15.3. The number of unbranched alkanes of at least 4 members (excludes halogenated alkanes) is 1. The molecule has 0 spiro atoms. The number of benzene rings is 3. The van der Waals surface area contributed by atoms with Gasteiger partial charge in [-0.3, -0.25) is 9.59 Å². The topological polar surface area (TPSA) is 118 Å². The summed E-state index contributed by atoms with van der Waals surface area (Å²) >= 11 is 0. The fraction of sp³-hybridized carbons (Fsp3) is 0.364. The predicted molar refractivity (Wildman–Crippen MR) is 157 cm³/mol. The van der Waals surface area contributed by atoms with Gasteiger partial charge in [0.2, 0.25) is 0 Å². The van der Waals surface area contributed by atoms with Crippen molar-refractivity contribution in [3.05, 3.63) is 94.8 Å². The zero-order valence-electron chi connectivity index (χ0n) is 24.0. The molecule has 0 radical (unpaired) electrons. The molecule has 0 bridgehead atoms. The van der Waals surface area contributed by atoms with Gasteiger partial charge in [-0.05, 0) is 81.9 Å². The third-order valence-electron chi connectivity index (χ3n) is 8.20. The molecule has 222 valence electrons. The lowest BCUT2D eigenvalue weighted by atomic mass is 9.64. The van der Waals surface area contributed by atoms with E-state index in [9.17, 15) is 29.7 Å². The van der Waals surface area contributed by atoms with E-state index in [0.29, 0.717) is 18.4 Å². The second-order valence-electron chi connectivity index (χ2n) is 11.2. The van der Waals surface area contributed by atoms with Gasteiger partial charge in [0.05, 0.1) is 5.92 Å². The number of piperidine rings is 1. The van der Waals surface area contributed by atoms with Gasteiger partial charge in [0.1, 0.15) is 17.3 Å². The van der Waals surface area contributed by atoms with E-state index in [-0.39, 0.29) is 34.7 Å². The van der Waals surface area contributed by atoms with Crippen molar-refractivity contribution in [1.82, 2.24) is 9.80 Å². The first-order chi connectivity index (χ1) is 20.0. The SMILES string of the molecule is Cc1c(F)cccc1C1C(C(=O)c2cccc(O)c2)CN(C(=O)O)C(CCCCN(C)C)C1C(=O)c1cccc(O)c1. The first kappa shape index (κ1) is 30.7. The maximum Gasteiger partial charge on any atom is 0.407 e. The van der Waals surface area contributed by atoms with Gasteiger partial charge in [0, 0.05) is 35.5 Å². The number of carbonyl (C=O) groups excluding carboxylic acids is 2. The highest BCUT2D eigenvalue weighted by Gasteiger charge is 2.51. The predicted octanol–water partition coefficient (Wildman–Crippen LogP) is 5.72. The maximum atomic E-state index is 15.0. The quantitative estimate of drug-likeness (QED) is 0.209. The zero-order chi connectivity index (χ0) is 30.6. The highest BCUT2D eigenvalue weighted by molar-refractivity contribution is 6.03. The molecule has 1 aliphatic heterocycles. The van der Waals surface area contributed by atoms with Gasteiger partial charge in [-0.1, -0.05) is 42.8 Å². The van der Waals surface area contributed by atoms with Crippen molar-refractivity contribution in [2.24, 2.45) is 11.8 Å². The van der Waals surface area contributed by atoms with E-state index < -0.39 is 47.3 Å². The number of phenolic OH excluding ortho intramolecular Hbond substituents is 2. The minimum Gasteiger partial charge on any atom is -0.508 e. The molecule has 1 heterocycles. The normalized spacial score (nSPS) is 20.5. The van der Waals surface area contributed by atoms with Gasteiger partial charge >= 0.3 is 6.09 Å². The van der Waals surface area contributed by atoms with E-state index >= 15 is 4.39 Å². The first-order valence-corrected chi connectivity index (χ1v) is 14.1. The van der Waals surface area contributed by atoms with Crippen LogP contribution >= 0.6 is 0 Å². The lowest BCUT2D eigenvalue weighted by Gasteiger charge is -2.48. The molecule has 3 aromatic carbocycles. The number of hydrogen-bond donors (Lipinski definition) is 3. The molecule has 4 atom stereocenters. The maximum absolute atomic E-state index is 15.0. The number of rotatable bonds is 10. The highest BCUT2D eigenvalue weighted by atomic mass is 19.1. The summed E-state index contributed by atoms with van der Waals surface area (Å²) in [5, 5.41) is 30.7. The van der Waals surface area contributed by atoms with Crippen LogP contribution in [0.5, 0.6) is 11.5 Å². The third kappa shape index (κ3) is 6.62. The van der Waals surface area contributed by atoms with Gasteiger partial charge in [-0.2, -0.15) is 0 Å². The molecular weight excluding hydrogens is 539 g/mol. The second kappa shape index (κ2) is 13.2. The van der Waals surface area contributed by atoms with Crippen molar-refractivity contribution in [3.63, 3.8) is 0 Å². The molecule has 0 saturated carbocycles. The Kier molecular flexibility index (Phi) is 9.63. The van der Waals surface area contributed by atoms with E-state index in [2.05, 4.69) is 0 Å². The van der Waals surface area contributed by atoms with E-state index in [0.717, 1.165) is 13.0 Å². The average molecular weight is 577 g/mol. The molecule has 0 aromatic heterocycles. The first-order valence-electron chi connectivity index (χ1n) is 14.1. The largest absolute Gasteiger partial charge is 0.508 e. The summed E-state index contributed by atoms with van der Waals surface area (Å²) in [7, 11) is 3.89. The zero-order valence-corrected chi connectivity index (χ0v) is 24.0. The second-order valence-corrected chi connectivity index (χ2v) is 11.2. The van der Waals surface area contributed by atoms with E-state index in [1.807, 2.05) is 19.0 Å². The van der Waals surface area contributed by atoms with Crippen LogP contribution in [-0.4, -0.2) is 76.0 Å². The average Bonchev–Trinajstić information content (AvgIpc) is 2.95. The van der Waals surface area contributed by atoms with Crippen molar-refractivity contribution < 1.29 is 34.1 Å². The molecule has 8 nitrogen and oxygen atoms in total. The molecular formula is C33H37FN2O6. The number of aromatic hydroxyl groups is 2. The number of halogens is 1. The molecule has 4 unspecified atom stereocenters. The van der Waals surface area contributed by atoms with Crippen LogP contribution in [0.3, 0.4) is 0 Å². The summed E-state index contributed by atoms with van der Waals surface area (Å²) in [5.74, 6) is -4.61. The summed E-state index contributed by atoms with van der Waals surface area (Å²) in [6.07, 6.45) is 0.479. The van der Waals surface area contributed by atoms with Gasteiger partial charge in [-0.25, -0.2) is 9.18 Å². The Hall–Kier alpha value is -4.24. The molecule has 1 aliphatic rings. The monoisotopic (exact) mass is 576 g/mol. The van der Waals surface area contributed by atoms with Crippen LogP contribution in [0, 0.1) is 24.6 Å². The molecule has 9 heteroatoms. The smallest absolute Gasteiger partial charge is 0.407 e. The number of amides is 1. The minimum atomic E-state index is -1.26. The molecule has 3 aromatic rings. The lowest BCUT2D eigenvalue weighted by molar-refractivity contribution is 0.0299. The summed E-state index contributed by atoms with van der Waals surface area (Å²) in [6.45, 7) is 2.16. The van der Waals surface area contributed by atoms with Gasteiger partial charge in [0.15, 0.2) is 11.6 Å². The van der Waals surface area contributed by atoms with Crippen LogP contribution in [0.25, 0.3) is 0 Å². The van der Waals surface area contributed by atoms with Crippen molar-refractivity contribution >= 4 is 17.7 Å². The van der Waals surface area contributed by atoms with Gasteiger partial charge in [0.25, 0.3) is 0 Å². The number of carbonyl (C=O) groups is 3. The third-order valence-corrected chi connectivity index (χ3v) is 8.20. The Morgan fingerprint density at radius 3 is 2.07 bits per heavy atom.